The van der Waals surface area contributed by atoms with Crippen molar-refractivity contribution in [3.05, 3.63) is 33.3 Å². The Labute approximate surface area is 199 Å². The molecule has 8 nitrogen and oxygen atoms in total. The third kappa shape index (κ3) is 5.26. The van der Waals surface area contributed by atoms with E-state index in [0.29, 0.717) is 18.1 Å². The summed E-state index contributed by atoms with van der Waals surface area (Å²) in [5, 5.41) is 11.2. The van der Waals surface area contributed by atoms with Gasteiger partial charge in [-0.2, -0.15) is 0 Å². The van der Waals surface area contributed by atoms with Gasteiger partial charge in [-0.3, -0.25) is 19.7 Å². The van der Waals surface area contributed by atoms with Gasteiger partial charge in [-0.25, -0.2) is 4.79 Å². The summed E-state index contributed by atoms with van der Waals surface area (Å²) in [7, 11) is 0. The zero-order valence-electron chi connectivity index (χ0n) is 17.5. The monoisotopic (exact) mass is 524 g/mol. The summed E-state index contributed by atoms with van der Waals surface area (Å²) in [6.07, 6.45) is 4.61. The summed E-state index contributed by atoms with van der Waals surface area (Å²) in [4.78, 5) is 48.2. The van der Waals surface area contributed by atoms with E-state index in [9.17, 15) is 19.2 Å². The maximum Gasteiger partial charge on any atom is 0.322 e. The first-order valence-electron chi connectivity index (χ1n) is 10.9. The van der Waals surface area contributed by atoms with E-state index in [1.54, 1.807) is 0 Å². The van der Waals surface area contributed by atoms with E-state index in [4.69, 9.17) is 11.6 Å². The van der Waals surface area contributed by atoms with E-state index in [-0.39, 0.29) is 35.5 Å². The first-order valence-corrected chi connectivity index (χ1v) is 12.0. The highest BCUT2D eigenvalue weighted by molar-refractivity contribution is 9.10. The molecule has 10 heteroatoms. The van der Waals surface area contributed by atoms with Gasteiger partial charge in [0.2, 0.25) is 17.7 Å². The van der Waals surface area contributed by atoms with Crippen molar-refractivity contribution in [2.24, 2.45) is 11.3 Å². The lowest BCUT2D eigenvalue weighted by atomic mass is 9.85. The van der Waals surface area contributed by atoms with E-state index >= 15 is 0 Å². The molecule has 3 aliphatic rings. The summed E-state index contributed by atoms with van der Waals surface area (Å²) in [5.41, 5.74) is 0.858. The Balaban J connectivity index is 1.29. The quantitative estimate of drug-likeness (QED) is 0.438. The summed E-state index contributed by atoms with van der Waals surface area (Å²) < 4.78 is 0.836. The molecule has 1 saturated heterocycles. The maximum atomic E-state index is 12.8. The van der Waals surface area contributed by atoms with Gasteiger partial charge in [-0.1, -0.05) is 30.5 Å². The molecule has 1 aromatic carbocycles. The molecule has 1 aromatic rings. The van der Waals surface area contributed by atoms with Crippen LogP contribution in [-0.2, 0) is 14.4 Å². The number of carbonyl (C=O) groups excluding carboxylic acids is 4. The first-order chi connectivity index (χ1) is 15.3. The van der Waals surface area contributed by atoms with Crippen molar-refractivity contribution < 1.29 is 19.2 Å². The van der Waals surface area contributed by atoms with Crippen LogP contribution in [0.1, 0.15) is 50.0 Å². The number of benzene rings is 1. The van der Waals surface area contributed by atoms with Gasteiger partial charge in [-0.05, 0) is 58.8 Å². The van der Waals surface area contributed by atoms with Crippen LogP contribution in [0.4, 0.5) is 4.79 Å². The van der Waals surface area contributed by atoms with Gasteiger partial charge >= 0.3 is 6.03 Å². The zero-order chi connectivity index (χ0) is 22.9. The number of hydrogen-bond acceptors (Lipinski definition) is 4. The number of carbonyl (C=O) groups is 4. The largest absolute Gasteiger partial charge is 0.355 e. The predicted octanol–water partition coefficient (Wildman–Crippen LogP) is 2.60. The fraction of sp³-hybridized carbons (Fsp3) is 0.545. The molecule has 5 amide bonds. The lowest BCUT2D eigenvalue weighted by Crippen LogP contribution is -2.58. The van der Waals surface area contributed by atoms with Crippen molar-refractivity contribution in [1.29, 1.82) is 0 Å². The van der Waals surface area contributed by atoms with Crippen LogP contribution in [0.3, 0.4) is 0 Å². The molecule has 3 atom stereocenters. The highest BCUT2D eigenvalue weighted by atomic mass is 79.9. The molecule has 4 rings (SSSR count). The highest BCUT2D eigenvalue weighted by Gasteiger charge is 2.45. The Kier molecular flexibility index (Phi) is 6.76. The average Bonchev–Trinajstić information content (AvgIpc) is 3.42. The van der Waals surface area contributed by atoms with Crippen molar-refractivity contribution in [2.75, 3.05) is 13.1 Å². The Bertz CT molecular complexity index is 934. The van der Waals surface area contributed by atoms with Gasteiger partial charge in [0.1, 0.15) is 6.04 Å². The number of nitrogens with one attached hydrogen (secondary N) is 4. The number of urea groups is 1. The SMILES string of the molecule is O=C1C[C@@H](C(=O)NCC2(CNC(=O)[C@@H]3C[C@H]3c3ccc(Br)c(Cl)c3)CCCC2)NC(=O)N1. The predicted molar refractivity (Wildman–Crippen MR) is 122 cm³/mol. The standard InChI is InChI=1S/C22H26BrClN4O4/c23-15-4-3-12(7-16(15)24)13-8-14(13)19(30)25-10-22(5-1-2-6-22)11-26-20(31)17-9-18(29)28-21(32)27-17/h3-4,7,13-14,17H,1-2,5-6,8-11H2,(H,25,30)(H,26,31)(H2,27,28,29,32)/t13-,14+,17-/m0/s1. The number of imide groups is 1. The number of hydrogen-bond donors (Lipinski definition) is 4. The van der Waals surface area contributed by atoms with Gasteiger partial charge < -0.3 is 16.0 Å². The van der Waals surface area contributed by atoms with Crippen molar-refractivity contribution >= 4 is 51.3 Å². The molecular formula is C22H26BrClN4O4. The molecule has 0 aromatic heterocycles. The van der Waals surface area contributed by atoms with E-state index in [0.717, 1.165) is 42.1 Å². The maximum absolute atomic E-state index is 12.8. The summed E-state index contributed by atoms with van der Waals surface area (Å²) >= 11 is 9.57. The molecule has 2 aliphatic carbocycles. The zero-order valence-corrected chi connectivity index (χ0v) is 19.9. The lowest BCUT2D eigenvalue weighted by Gasteiger charge is -2.31. The van der Waals surface area contributed by atoms with Crippen molar-refractivity contribution in [3.63, 3.8) is 0 Å². The van der Waals surface area contributed by atoms with Gasteiger partial charge in [0.25, 0.3) is 0 Å². The van der Waals surface area contributed by atoms with Crippen LogP contribution in [0.5, 0.6) is 0 Å². The van der Waals surface area contributed by atoms with E-state index < -0.39 is 18.0 Å². The van der Waals surface area contributed by atoms with Crippen molar-refractivity contribution in [1.82, 2.24) is 21.3 Å². The van der Waals surface area contributed by atoms with Crippen molar-refractivity contribution in [2.45, 2.75) is 50.5 Å². The third-order valence-electron chi connectivity index (χ3n) is 6.70. The Morgan fingerprint density at radius 1 is 1.12 bits per heavy atom. The van der Waals surface area contributed by atoms with Crippen LogP contribution in [0, 0.1) is 11.3 Å². The van der Waals surface area contributed by atoms with Crippen LogP contribution in [0.25, 0.3) is 0 Å². The molecule has 3 fully saturated rings. The second-order valence-electron chi connectivity index (χ2n) is 9.04. The van der Waals surface area contributed by atoms with Crippen LogP contribution in [-0.4, -0.2) is 42.9 Å². The molecular weight excluding hydrogens is 500 g/mol. The lowest BCUT2D eigenvalue weighted by molar-refractivity contribution is -0.129. The second kappa shape index (κ2) is 9.39. The number of amides is 5. The van der Waals surface area contributed by atoms with E-state index in [1.165, 1.54) is 0 Å². The third-order valence-corrected chi connectivity index (χ3v) is 7.94. The molecule has 0 bridgehead atoms. The Morgan fingerprint density at radius 2 is 1.81 bits per heavy atom. The van der Waals surface area contributed by atoms with Crippen LogP contribution in [0.2, 0.25) is 5.02 Å². The minimum Gasteiger partial charge on any atom is -0.355 e. The molecule has 0 unspecified atom stereocenters. The molecule has 172 valence electrons. The minimum atomic E-state index is -0.866. The number of rotatable bonds is 7. The Hall–Kier alpha value is -2.13. The number of halogens is 2. The smallest absolute Gasteiger partial charge is 0.322 e. The van der Waals surface area contributed by atoms with Crippen molar-refractivity contribution in [3.8, 4) is 0 Å². The minimum absolute atomic E-state index is 0.0304. The molecule has 0 radical (unpaired) electrons. The van der Waals surface area contributed by atoms with Gasteiger partial charge in [0.05, 0.1) is 11.4 Å². The van der Waals surface area contributed by atoms with Crippen LogP contribution in [0.15, 0.2) is 22.7 Å². The highest BCUT2D eigenvalue weighted by Crippen LogP contribution is 2.48. The van der Waals surface area contributed by atoms with Gasteiger partial charge in [0.15, 0.2) is 0 Å². The molecule has 1 aliphatic heterocycles. The van der Waals surface area contributed by atoms with Crippen LogP contribution < -0.4 is 21.3 Å². The molecule has 1 heterocycles. The fourth-order valence-corrected chi connectivity index (χ4v) is 5.14. The van der Waals surface area contributed by atoms with Gasteiger partial charge in [-0.15, -0.1) is 0 Å². The summed E-state index contributed by atoms with van der Waals surface area (Å²) in [6.45, 7) is 0.893. The normalized spacial score (nSPS) is 26.1. The van der Waals surface area contributed by atoms with Crippen LogP contribution >= 0.6 is 27.5 Å². The van der Waals surface area contributed by atoms with E-state index in [1.807, 2.05) is 18.2 Å². The molecule has 4 N–H and O–H groups in total. The van der Waals surface area contributed by atoms with Gasteiger partial charge in [0, 0.05) is 28.9 Å². The Morgan fingerprint density at radius 3 is 2.47 bits per heavy atom. The second-order valence-corrected chi connectivity index (χ2v) is 10.3. The summed E-state index contributed by atoms with van der Waals surface area (Å²) in [5.74, 6) is -0.692. The molecule has 2 saturated carbocycles. The molecule has 32 heavy (non-hydrogen) atoms. The fourth-order valence-electron chi connectivity index (χ4n) is 4.71. The average molecular weight is 526 g/mol. The first kappa shape index (κ1) is 23.0. The van der Waals surface area contributed by atoms with E-state index in [2.05, 4.69) is 37.2 Å². The summed E-state index contributed by atoms with van der Waals surface area (Å²) in [6, 6.07) is 4.28. The molecule has 0 spiro atoms. The topological polar surface area (TPSA) is 116 Å².